The molecule has 0 unspecified atom stereocenters. The lowest BCUT2D eigenvalue weighted by atomic mass is 9.58. The summed E-state index contributed by atoms with van der Waals surface area (Å²) >= 11 is 6.59. The van der Waals surface area contributed by atoms with Crippen LogP contribution >= 0.6 is 11.6 Å². The van der Waals surface area contributed by atoms with Crippen LogP contribution in [0.25, 0.3) is 32.9 Å². The van der Waals surface area contributed by atoms with Crippen LogP contribution in [-0.2, 0) is 0 Å². The van der Waals surface area contributed by atoms with Crippen molar-refractivity contribution in [2.75, 3.05) is 37.7 Å². The van der Waals surface area contributed by atoms with Gasteiger partial charge in [-0.15, -0.1) is 0 Å². The molecule has 0 aliphatic carbocycles. The second kappa shape index (κ2) is 9.95. The number of piperazine rings is 1. The van der Waals surface area contributed by atoms with E-state index in [1.807, 2.05) is 37.3 Å². The SMILES string of the molecule is C[C@]1(O)B[C@H]2CN(c3nc(OC[C@@]45CCCN4C[C@H](F)C5)nc4c(F)c(-c5cccc6cccc(Cl)c56)ncc34)C[C@H]1N2. The fourth-order valence-electron chi connectivity index (χ4n) is 7.92. The quantitative estimate of drug-likeness (QED) is 0.333. The molecular formula is C31H32BClF2N6O2. The molecule has 0 radical (unpaired) electrons. The number of fused-ring (bicyclic) bond motifs is 5. The summed E-state index contributed by atoms with van der Waals surface area (Å²) < 4.78 is 37.4. The number of nitrogens with zero attached hydrogens (tertiary/aromatic N) is 5. The molecule has 2 aromatic carbocycles. The zero-order valence-corrected chi connectivity index (χ0v) is 24.6. The van der Waals surface area contributed by atoms with Crippen LogP contribution in [0.1, 0.15) is 26.2 Å². The highest BCUT2D eigenvalue weighted by atomic mass is 35.5. The van der Waals surface area contributed by atoms with Gasteiger partial charge in [0.05, 0.1) is 16.4 Å². The van der Waals surface area contributed by atoms with Gasteiger partial charge in [0.25, 0.3) is 0 Å². The molecule has 4 aliphatic heterocycles. The van der Waals surface area contributed by atoms with Gasteiger partial charge in [-0.05, 0) is 37.8 Å². The van der Waals surface area contributed by atoms with Gasteiger partial charge in [-0.25, -0.2) is 8.78 Å². The topological polar surface area (TPSA) is 86.6 Å². The van der Waals surface area contributed by atoms with E-state index in [0.717, 1.165) is 24.8 Å². The third-order valence-electron chi connectivity index (χ3n) is 9.97. The molecule has 5 atom stereocenters. The Morgan fingerprint density at radius 2 is 2.02 bits per heavy atom. The average Bonchev–Trinajstić information content (AvgIpc) is 3.58. The van der Waals surface area contributed by atoms with Gasteiger partial charge in [0.15, 0.2) is 13.1 Å². The number of hydrogen-bond acceptors (Lipinski definition) is 8. The maximum atomic E-state index is 16.7. The van der Waals surface area contributed by atoms with Crippen molar-refractivity contribution in [1.82, 2.24) is 25.2 Å². The molecule has 4 aromatic rings. The van der Waals surface area contributed by atoms with E-state index in [0.29, 0.717) is 60.5 Å². The number of alkyl halides is 1. The Bertz CT molecular complexity index is 1760. The summed E-state index contributed by atoms with van der Waals surface area (Å²) in [7, 11) is 0.613. The standard InChI is InChI=1S/C31H32BClF2N6O2/c1-30(42)22-14-40(15-23(32-30)37-22)28-20-12-36-26(19-7-2-5-17-6-3-8-21(33)24(17)19)25(35)27(20)38-29(39-28)43-16-31-9-4-10-41(31)13-18(34)11-31/h2-3,5-8,12,18,22-23,32,37,42H,4,9-11,13-16H2,1H3/t18-,22-,23-,30-,31+/m1/s1. The maximum Gasteiger partial charge on any atom is 0.319 e. The molecule has 0 amide bonds. The van der Waals surface area contributed by atoms with E-state index >= 15 is 4.39 Å². The second-order valence-corrected chi connectivity index (χ2v) is 13.3. The molecular weight excluding hydrogens is 573 g/mol. The maximum absolute atomic E-state index is 16.7. The Kier molecular flexibility index (Phi) is 6.35. The predicted molar refractivity (Wildman–Crippen MR) is 164 cm³/mol. The number of aliphatic hydroxyl groups is 1. The highest BCUT2D eigenvalue weighted by Gasteiger charge is 2.50. The van der Waals surface area contributed by atoms with Gasteiger partial charge >= 0.3 is 6.01 Å². The molecule has 8 nitrogen and oxygen atoms in total. The van der Waals surface area contributed by atoms with Crippen molar-refractivity contribution in [2.24, 2.45) is 0 Å². The molecule has 0 saturated carbocycles. The number of pyridine rings is 1. The number of anilines is 1. The summed E-state index contributed by atoms with van der Waals surface area (Å²) in [6.07, 6.45) is 2.97. The largest absolute Gasteiger partial charge is 0.461 e. The van der Waals surface area contributed by atoms with Gasteiger partial charge in [-0.2, -0.15) is 9.97 Å². The van der Waals surface area contributed by atoms with Crippen LogP contribution in [0.15, 0.2) is 42.6 Å². The third-order valence-corrected chi connectivity index (χ3v) is 10.3. The molecule has 4 aliphatic rings. The highest BCUT2D eigenvalue weighted by Crippen LogP contribution is 2.41. The van der Waals surface area contributed by atoms with Crippen LogP contribution in [-0.4, -0.2) is 94.2 Å². The number of hydrogen-bond donors (Lipinski definition) is 2. The molecule has 4 saturated heterocycles. The number of benzene rings is 2. The first-order valence-electron chi connectivity index (χ1n) is 15.0. The highest BCUT2D eigenvalue weighted by molar-refractivity contribution is 6.43. The number of halogens is 3. The van der Waals surface area contributed by atoms with E-state index in [2.05, 4.69) is 25.1 Å². The van der Waals surface area contributed by atoms with E-state index in [-0.39, 0.29) is 35.8 Å². The first-order valence-corrected chi connectivity index (χ1v) is 15.4. The van der Waals surface area contributed by atoms with E-state index in [1.54, 1.807) is 12.3 Å². The van der Waals surface area contributed by atoms with Gasteiger partial charge in [0.1, 0.15) is 29.8 Å². The monoisotopic (exact) mass is 604 g/mol. The Hall–Kier alpha value is -3.12. The molecule has 12 heteroatoms. The second-order valence-electron chi connectivity index (χ2n) is 12.9. The summed E-state index contributed by atoms with van der Waals surface area (Å²) in [4.78, 5) is 18.2. The Morgan fingerprint density at radius 3 is 2.86 bits per heavy atom. The molecule has 43 heavy (non-hydrogen) atoms. The normalized spacial score (nSPS) is 30.3. The number of nitrogens with one attached hydrogen (secondary N) is 1. The molecule has 8 rings (SSSR count). The van der Waals surface area contributed by atoms with Gasteiger partial charge in [-0.3, -0.25) is 9.88 Å². The lowest BCUT2D eigenvalue weighted by Gasteiger charge is -2.36. The minimum atomic E-state index is -0.889. The van der Waals surface area contributed by atoms with Gasteiger partial charge in [0, 0.05) is 60.2 Å². The molecule has 222 valence electrons. The molecule has 2 N–H and O–H groups in total. The number of rotatable bonds is 5. The van der Waals surface area contributed by atoms with Crippen molar-refractivity contribution >= 4 is 46.4 Å². The lowest BCUT2D eigenvalue weighted by Crippen LogP contribution is -2.55. The first-order chi connectivity index (χ1) is 20.7. The van der Waals surface area contributed by atoms with Gasteiger partial charge in [0.2, 0.25) is 0 Å². The Morgan fingerprint density at radius 1 is 1.19 bits per heavy atom. The Labute approximate surface area is 253 Å². The summed E-state index contributed by atoms with van der Waals surface area (Å²) in [5, 5.41) is 17.0. The third kappa shape index (κ3) is 4.46. The van der Waals surface area contributed by atoms with Gasteiger partial charge < -0.3 is 20.1 Å². The molecule has 2 aromatic heterocycles. The first kappa shape index (κ1) is 27.4. The van der Waals surface area contributed by atoms with Crippen LogP contribution in [0.2, 0.25) is 5.02 Å². The summed E-state index contributed by atoms with van der Waals surface area (Å²) in [6, 6.07) is 11.1. The van der Waals surface area contributed by atoms with Crippen LogP contribution in [0.3, 0.4) is 0 Å². The Balaban J connectivity index is 1.25. The molecule has 6 heterocycles. The summed E-state index contributed by atoms with van der Waals surface area (Å²) in [5.41, 5.74) is -0.444. The van der Waals surface area contributed by atoms with Gasteiger partial charge in [-0.1, -0.05) is 41.9 Å². The van der Waals surface area contributed by atoms with Crippen LogP contribution in [0.5, 0.6) is 6.01 Å². The average molecular weight is 605 g/mol. The summed E-state index contributed by atoms with van der Waals surface area (Å²) in [5.74, 6) is -0.0171. The molecule has 4 fully saturated rings. The van der Waals surface area contributed by atoms with Crippen molar-refractivity contribution < 1.29 is 18.6 Å². The molecule has 0 spiro atoms. The van der Waals surface area contributed by atoms with E-state index in [1.165, 1.54) is 0 Å². The smallest absolute Gasteiger partial charge is 0.319 e. The number of ether oxygens (including phenoxy) is 1. The van der Waals surface area contributed by atoms with Crippen LogP contribution < -0.4 is 15.0 Å². The van der Waals surface area contributed by atoms with E-state index < -0.39 is 23.0 Å². The fraction of sp³-hybridized carbons (Fsp3) is 0.452. The summed E-state index contributed by atoms with van der Waals surface area (Å²) in [6.45, 7) is 4.40. The fourth-order valence-corrected chi connectivity index (χ4v) is 8.20. The van der Waals surface area contributed by atoms with Crippen molar-refractivity contribution in [1.29, 1.82) is 0 Å². The minimum absolute atomic E-state index is 0.0516. The van der Waals surface area contributed by atoms with Crippen molar-refractivity contribution in [3.63, 3.8) is 0 Å². The zero-order valence-electron chi connectivity index (χ0n) is 23.9. The lowest BCUT2D eigenvalue weighted by molar-refractivity contribution is 0.107. The van der Waals surface area contributed by atoms with Crippen molar-refractivity contribution in [3.8, 4) is 17.3 Å². The minimum Gasteiger partial charge on any atom is -0.461 e. The number of aromatic nitrogens is 3. The van der Waals surface area contributed by atoms with E-state index in [9.17, 15) is 9.50 Å². The zero-order chi connectivity index (χ0) is 29.5. The predicted octanol–water partition coefficient (Wildman–Crippen LogP) is 3.86. The van der Waals surface area contributed by atoms with Crippen molar-refractivity contribution in [2.45, 2.75) is 55.4 Å². The van der Waals surface area contributed by atoms with E-state index in [4.69, 9.17) is 21.3 Å². The molecule has 2 bridgehead atoms. The van der Waals surface area contributed by atoms with Crippen LogP contribution in [0.4, 0.5) is 14.6 Å². The van der Waals surface area contributed by atoms with Crippen molar-refractivity contribution in [3.05, 3.63) is 53.4 Å². The van der Waals surface area contributed by atoms with Crippen LogP contribution in [0, 0.1) is 5.82 Å².